The van der Waals surface area contributed by atoms with Crippen LogP contribution in [0.15, 0.2) is 64.9 Å². The van der Waals surface area contributed by atoms with E-state index in [4.69, 9.17) is 0 Å². The summed E-state index contributed by atoms with van der Waals surface area (Å²) in [5, 5.41) is 2.00. The van der Waals surface area contributed by atoms with E-state index < -0.39 is 21.7 Å². The molecule has 8 heteroatoms. The number of carbonyl (C=O) groups is 1. The lowest BCUT2D eigenvalue weighted by Crippen LogP contribution is -2.40. The van der Waals surface area contributed by atoms with Gasteiger partial charge < -0.3 is 4.90 Å². The van der Waals surface area contributed by atoms with Crippen LogP contribution >= 0.6 is 11.3 Å². The summed E-state index contributed by atoms with van der Waals surface area (Å²) < 4.78 is 41.0. The van der Waals surface area contributed by atoms with Crippen molar-refractivity contribution in [3.05, 3.63) is 87.4 Å². The summed E-state index contributed by atoms with van der Waals surface area (Å²) >= 11 is 1.65. The molecule has 0 aliphatic carbocycles. The molecule has 1 amide bonds. The van der Waals surface area contributed by atoms with Gasteiger partial charge in [0.05, 0.1) is 16.5 Å². The average molecular weight is 431 g/mol. The van der Waals surface area contributed by atoms with Gasteiger partial charge in [0.15, 0.2) is 0 Å². The second-order valence-electron chi connectivity index (χ2n) is 6.71. The Bertz CT molecular complexity index is 1160. The van der Waals surface area contributed by atoms with Crippen LogP contribution in [0.3, 0.4) is 0 Å². The topological polar surface area (TPSA) is 66.5 Å². The summed E-state index contributed by atoms with van der Waals surface area (Å²) in [7, 11) is -2.52. The minimum atomic E-state index is -3.79. The highest BCUT2D eigenvalue weighted by atomic mass is 32.2. The maximum absolute atomic E-state index is 14.6. The molecule has 150 valence electrons. The zero-order valence-electron chi connectivity index (χ0n) is 15.6. The third-order valence-electron chi connectivity index (χ3n) is 5.09. The van der Waals surface area contributed by atoms with Gasteiger partial charge in [0.25, 0.3) is 5.91 Å². The molecule has 5 nitrogen and oxygen atoms in total. The number of nitrogens with one attached hydrogen (secondary N) is 1. The number of hydrogen-bond donors (Lipinski definition) is 1. The van der Waals surface area contributed by atoms with E-state index in [2.05, 4.69) is 4.72 Å². The molecule has 1 aliphatic heterocycles. The highest BCUT2D eigenvalue weighted by molar-refractivity contribution is 7.89. The van der Waals surface area contributed by atoms with Crippen LogP contribution in [0.25, 0.3) is 0 Å². The van der Waals surface area contributed by atoms with Crippen molar-refractivity contribution in [1.29, 1.82) is 0 Å². The first-order valence-electron chi connectivity index (χ1n) is 9.07. The standard InChI is InChI=1S/C21H19FN2O3S2/c1-23-29(26,27)15-7-8-18(22)17(13-15)21(25)24-11-9-19-16(10-12-28-19)20(24)14-5-3-2-4-6-14/h2-8,10,12-13,20,23H,9,11H2,1H3. The fraction of sp³-hybridized carbons (Fsp3) is 0.190. The van der Waals surface area contributed by atoms with Gasteiger partial charge in [-0.15, -0.1) is 11.3 Å². The molecule has 0 bridgehead atoms. The average Bonchev–Trinajstić information content (AvgIpc) is 3.22. The lowest BCUT2D eigenvalue weighted by molar-refractivity contribution is 0.0691. The number of amides is 1. The van der Waals surface area contributed by atoms with Gasteiger partial charge in [-0.1, -0.05) is 30.3 Å². The van der Waals surface area contributed by atoms with Crippen LogP contribution in [-0.4, -0.2) is 32.8 Å². The predicted molar refractivity (Wildman–Crippen MR) is 110 cm³/mol. The van der Waals surface area contributed by atoms with Crippen LogP contribution in [0.1, 0.15) is 32.4 Å². The molecule has 1 unspecified atom stereocenters. The van der Waals surface area contributed by atoms with Crippen molar-refractivity contribution in [2.24, 2.45) is 0 Å². The van der Waals surface area contributed by atoms with Crippen molar-refractivity contribution in [1.82, 2.24) is 9.62 Å². The summed E-state index contributed by atoms with van der Waals surface area (Å²) in [6.07, 6.45) is 0.679. The summed E-state index contributed by atoms with van der Waals surface area (Å²) in [6.45, 7) is 0.425. The molecule has 0 spiro atoms. The normalized spacial score (nSPS) is 16.5. The molecular weight excluding hydrogens is 411 g/mol. The van der Waals surface area contributed by atoms with E-state index in [1.807, 2.05) is 41.8 Å². The molecule has 0 fully saturated rings. The van der Waals surface area contributed by atoms with Gasteiger partial charge in [0.1, 0.15) is 5.82 Å². The van der Waals surface area contributed by atoms with Crippen molar-refractivity contribution in [2.75, 3.05) is 13.6 Å². The third kappa shape index (κ3) is 3.59. The number of halogens is 1. The first-order valence-corrected chi connectivity index (χ1v) is 11.4. The van der Waals surface area contributed by atoms with E-state index in [1.165, 1.54) is 11.9 Å². The highest BCUT2D eigenvalue weighted by Crippen LogP contribution is 2.38. The van der Waals surface area contributed by atoms with Crippen molar-refractivity contribution in [3.63, 3.8) is 0 Å². The zero-order chi connectivity index (χ0) is 20.6. The molecule has 4 rings (SSSR count). The minimum Gasteiger partial charge on any atom is -0.327 e. The first kappa shape index (κ1) is 19.8. The van der Waals surface area contributed by atoms with Crippen LogP contribution in [0.4, 0.5) is 4.39 Å². The Labute approximate surface area is 172 Å². The van der Waals surface area contributed by atoms with Crippen LogP contribution in [-0.2, 0) is 16.4 Å². The lowest BCUT2D eigenvalue weighted by Gasteiger charge is -2.36. The summed E-state index contributed by atoms with van der Waals surface area (Å²) in [6, 6.07) is 14.5. The van der Waals surface area contributed by atoms with Crippen molar-refractivity contribution in [3.8, 4) is 0 Å². The predicted octanol–water partition coefficient (Wildman–Crippen LogP) is 3.58. The van der Waals surface area contributed by atoms with Crippen LogP contribution in [0, 0.1) is 5.82 Å². The molecule has 1 aliphatic rings. The van der Waals surface area contributed by atoms with Crippen LogP contribution < -0.4 is 4.72 Å². The van der Waals surface area contributed by atoms with E-state index in [-0.39, 0.29) is 16.5 Å². The Kier molecular flexibility index (Phi) is 5.24. The Morgan fingerprint density at radius 1 is 1.17 bits per heavy atom. The Morgan fingerprint density at radius 3 is 2.66 bits per heavy atom. The van der Waals surface area contributed by atoms with Gasteiger partial charge in [-0.05, 0) is 54.2 Å². The minimum absolute atomic E-state index is 0.144. The molecule has 3 aromatic rings. The zero-order valence-corrected chi connectivity index (χ0v) is 17.3. The SMILES string of the molecule is CNS(=O)(=O)c1ccc(F)c(C(=O)N2CCc3sccc3C2c2ccccc2)c1. The molecule has 2 aromatic carbocycles. The Morgan fingerprint density at radius 2 is 1.93 bits per heavy atom. The molecule has 1 atom stereocenters. The Balaban J connectivity index is 1.80. The monoisotopic (exact) mass is 430 g/mol. The maximum Gasteiger partial charge on any atom is 0.257 e. The smallest absolute Gasteiger partial charge is 0.257 e. The molecule has 0 radical (unpaired) electrons. The third-order valence-corrected chi connectivity index (χ3v) is 7.50. The van der Waals surface area contributed by atoms with Gasteiger partial charge in [-0.2, -0.15) is 0 Å². The maximum atomic E-state index is 14.6. The molecule has 0 saturated carbocycles. The van der Waals surface area contributed by atoms with Crippen LogP contribution in [0.5, 0.6) is 0 Å². The summed E-state index contributed by atoms with van der Waals surface area (Å²) in [5.74, 6) is -1.27. The Hall–Kier alpha value is -2.55. The van der Waals surface area contributed by atoms with E-state index in [1.54, 1.807) is 16.2 Å². The second kappa shape index (κ2) is 7.70. The fourth-order valence-electron chi connectivity index (χ4n) is 3.64. The molecule has 1 N–H and O–H groups in total. The molecule has 1 aromatic heterocycles. The summed E-state index contributed by atoms with van der Waals surface area (Å²) in [5.41, 5.74) is 1.71. The largest absolute Gasteiger partial charge is 0.327 e. The number of nitrogens with zero attached hydrogens (tertiary/aromatic N) is 1. The van der Waals surface area contributed by atoms with Crippen molar-refractivity contribution >= 4 is 27.3 Å². The number of carbonyl (C=O) groups excluding carboxylic acids is 1. The number of rotatable bonds is 4. The number of fused-ring (bicyclic) bond motifs is 1. The van der Waals surface area contributed by atoms with Gasteiger partial charge in [-0.25, -0.2) is 17.5 Å². The number of benzene rings is 2. The van der Waals surface area contributed by atoms with E-state index in [9.17, 15) is 17.6 Å². The molecule has 2 heterocycles. The van der Waals surface area contributed by atoms with Crippen molar-refractivity contribution < 1.29 is 17.6 Å². The molecule has 0 saturated heterocycles. The lowest BCUT2D eigenvalue weighted by atomic mass is 9.92. The van der Waals surface area contributed by atoms with E-state index in [0.717, 1.165) is 29.3 Å². The second-order valence-corrected chi connectivity index (χ2v) is 9.60. The number of hydrogen-bond acceptors (Lipinski definition) is 4. The molecule has 29 heavy (non-hydrogen) atoms. The van der Waals surface area contributed by atoms with Crippen molar-refractivity contribution in [2.45, 2.75) is 17.4 Å². The number of thiophene rings is 1. The first-order chi connectivity index (χ1) is 13.9. The summed E-state index contributed by atoms with van der Waals surface area (Å²) in [4.78, 5) is 16.1. The van der Waals surface area contributed by atoms with Gasteiger partial charge in [0, 0.05) is 11.4 Å². The van der Waals surface area contributed by atoms with Gasteiger partial charge >= 0.3 is 0 Å². The quantitative estimate of drug-likeness (QED) is 0.688. The van der Waals surface area contributed by atoms with Gasteiger partial charge in [0.2, 0.25) is 10.0 Å². The number of sulfonamides is 1. The van der Waals surface area contributed by atoms with E-state index in [0.29, 0.717) is 13.0 Å². The van der Waals surface area contributed by atoms with E-state index >= 15 is 0 Å². The fourth-order valence-corrected chi connectivity index (χ4v) is 5.30. The van der Waals surface area contributed by atoms with Gasteiger partial charge in [-0.3, -0.25) is 4.79 Å². The molecular formula is C21H19FN2O3S2. The highest BCUT2D eigenvalue weighted by Gasteiger charge is 2.34. The van der Waals surface area contributed by atoms with Crippen LogP contribution in [0.2, 0.25) is 0 Å².